The first kappa shape index (κ1) is 14.0. The highest BCUT2D eigenvalue weighted by Gasteiger charge is 2.40. The topological polar surface area (TPSA) is 84.5 Å². The van der Waals surface area contributed by atoms with Gasteiger partial charge in [0.1, 0.15) is 0 Å². The smallest absolute Gasteiger partial charge is 0.309 e. The number of hydrogen-bond acceptors (Lipinski definition) is 4. The summed E-state index contributed by atoms with van der Waals surface area (Å²) in [6, 6.07) is 8.46. The van der Waals surface area contributed by atoms with Gasteiger partial charge in [-0.25, -0.2) is 0 Å². The Kier molecular flexibility index (Phi) is 4.34. The van der Waals surface area contributed by atoms with Gasteiger partial charge in [-0.2, -0.15) is 0 Å². The minimum atomic E-state index is -0.573. The fourth-order valence-corrected chi connectivity index (χ4v) is 1.72. The summed E-state index contributed by atoms with van der Waals surface area (Å²) in [5, 5.41) is 0. The highest BCUT2D eigenvalue weighted by atomic mass is 16.5. The highest BCUT2D eigenvalue weighted by molar-refractivity contribution is 5.95. The predicted octanol–water partition coefficient (Wildman–Crippen LogP) is 0.647. The molecule has 0 aromatic heterocycles. The van der Waals surface area contributed by atoms with E-state index in [4.69, 9.17) is 4.74 Å². The predicted molar refractivity (Wildman–Crippen MR) is 70.3 cm³/mol. The van der Waals surface area contributed by atoms with Crippen LogP contribution >= 0.6 is 0 Å². The normalized spacial score (nSPS) is 19.9. The molecule has 6 heteroatoms. The van der Waals surface area contributed by atoms with Crippen molar-refractivity contribution in [1.82, 2.24) is 10.9 Å². The van der Waals surface area contributed by atoms with Crippen LogP contribution in [0.4, 0.5) is 0 Å². The van der Waals surface area contributed by atoms with Crippen molar-refractivity contribution in [2.75, 3.05) is 6.61 Å². The first-order chi connectivity index (χ1) is 9.58. The van der Waals surface area contributed by atoms with Crippen molar-refractivity contribution in [2.45, 2.75) is 13.3 Å². The van der Waals surface area contributed by atoms with Crippen LogP contribution in [0.2, 0.25) is 0 Å². The summed E-state index contributed by atoms with van der Waals surface area (Å²) < 4.78 is 4.83. The molecule has 0 radical (unpaired) electrons. The summed E-state index contributed by atoms with van der Waals surface area (Å²) in [5.74, 6) is -1.11. The zero-order chi connectivity index (χ0) is 14.5. The fourth-order valence-electron chi connectivity index (χ4n) is 1.72. The molecule has 106 valence electrons. The summed E-state index contributed by atoms with van der Waals surface area (Å²) in [6.45, 7) is 1.56. The van der Waals surface area contributed by atoms with Crippen LogP contribution < -0.4 is 10.9 Å². The molecule has 2 amide bonds. The maximum Gasteiger partial charge on any atom is 0.309 e. The number of esters is 1. The lowest BCUT2D eigenvalue weighted by Gasteiger charge is -2.07. The summed E-state index contributed by atoms with van der Waals surface area (Å²) in [5.41, 5.74) is 4.86. The molecule has 1 fully saturated rings. The average Bonchev–Trinajstić information content (AvgIpc) is 3.20. The van der Waals surface area contributed by atoms with Crippen LogP contribution in [-0.4, -0.2) is 24.4 Å². The second-order valence-corrected chi connectivity index (χ2v) is 4.80. The van der Waals surface area contributed by atoms with Gasteiger partial charge in [0.15, 0.2) is 6.61 Å². The monoisotopic (exact) mass is 276 g/mol. The average molecular weight is 276 g/mol. The zero-order valence-corrected chi connectivity index (χ0v) is 11.1. The van der Waals surface area contributed by atoms with Gasteiger partial charge in [-0.3, -0.25) is 25.2 Å². The quantitative estimate of drug-likeness (QED) is 0.624. The molecule has 1 saturated carbocycles. The van der Waals surface area contributed by atoms with Gasteiger partial charge in [0.05, 0.1) is 5.92 Å². The largest absolute Gasteiger partial charge is 0.455 e. The van der Waals surface area contributed by atoms with Crippen LogP contribution in [0, 0.1) is 11.8 Å². The van der Waals surface area contributed by atoms with E-state index in [0.717, 1.165) is 6.42 Å². The summed E-state index contributed by atoms with van der Waals surface area (Å²) in [7, 11) is 0. The second kappa shape index (κ2) is 6.18. The van der Waals surface area contributed by atoms with Crippen molar-refractivity contribution < 1.29 is 19.1 Å². The van der Waals surface area contributed by atoms with E-state index in [1.54, 1.807) is 30.3 Å². The van der Waals surface area contributed by atoms with E-state index in [1.165, 1.54) is 0 Å². The van der Waals surface area contributed by atoms with Crippen LogP contribution in [-0.2, 0) is 14.3 Å². The lowest BCUT2D eigenvalue weighted by molar-refractivity contribution is -0.150. The van der Waals surface area contributed by atoms with E-state index in [9.17, 15) is 14.4 Å². The van der Waals surface area contributed by atoms with Gasteiger partial charge >= 0.3 is 5.97 Å². The Balaban J connectivity index is 1.67. The molecule has 1 aromatic rings. The summed E-state index contributed by atoms with van der Waals surface area (Å²) in [6.07, 6.45) is 0.811. The molecule has 0 spiro atoms. The van der Waals surface area contributed by atoms with Gasteiger partial charge in [0, 0.05) is 5.56 Å². The molecule has 1 aromatic carbocycles. The van der Waals surface area contributed by atoms with E-state index in [2.05, 4.69) is 10.9 Å². The minimum absolute atomic E-state index is 0.0818. The molecule has 6 nitrogen and oxygen atoms in total. The van der Waals surface area contributed by atoms with Crippen LogP contribution in [0.1, 0.15) is 23.7 Å². The Labute approximate surface area is 116 Å². The van der Waals surface area contributed by atoms with Gasteiger partial charge < -0.3 is 4.74 Å². The lowest BCUT2D eigenvalue weighted by Crippen LogP contribution is -2.43. The Bertz CT molecular complexity index is 515. The third-order valence-electron chi connectivity index (χ3n) is 3.11. The molecule has 2 N–H and O–H groups in total. The molecular weight excluding hydrogens is 260 g/mol. The number of rotatable bonds is 4. The number of benzene rings is 1. The summed E-state index contributed by atoms with van der Waals surface area (Å²) >= 11 is 0. The van der Waals surface area contributed by atoms with Crippen molar-refractivity contribution in [3.05, 3.63) is 35.9 Å². The molecule has 0 bridgehead atoms. The van der Waals surface area contributed by atoms with Crippen molar-refractivity contribution in [3.8, 4) is 0 Å². The Morgan fingerprint density at radius 1 is 1.20 bits per heavy atom. The van der Waals surface area contributed by atoms with E-state index in [1.807, 2.05) is 6.92 Å². The first-order valence-electron chi connectivity index (χ1n) is 6.39. The van der Waals surface area contributed by atoms with Gasteiger partial charge in [-0.1, -0.05) is 25.1 Å². The highest BCUT2D eigenvalue weighted by Crippen LogP contribution is 2.38. The standard InChI is InChI=1S/C14H16N2O4/c1-9-7-11(9)14(19)20-8-12(17)15-16-13(18)10-5-3-2-4-6-10/h2-6,9,11H,7-8H2,1H3,(H,15,17)(H,16,18)/t9-,11+/m1/s1. The van der Waals surface area contributed by atoms with Crippen LogP contribution in [0.15, 0.2) is 30.3 Å². The molecule has 1 aliphatic carbocycles. The SMILES string of the molecule is C[C@@H]1C[C@@H]1C(=O)OCC(=O)NNC(=O)c1ccccc1. The van der Waals surface area contributed by atoms with Crippen LogP contribution in [0.5, 0.6) is 0 Å². The van der Waals surface area contributed by atoms with E-state index in [-0.39, 0.29) is 11.9 Å². The molecular formula is C14H16N2O4. The van der Waals surface area contributed by atoms with Gasteiger partial charge in [0.2, 0.25) is 0 Å². The van der Waals surface area contributed by atoms with E-state index in [0.29, 0.717) is 11.5 Å². The van der Waals surface area contributed by atoms with E-state index >= 15 is 0 Å². The zero-order valence-electron chi connectivity index (χ0n) is 11.1. The Hall–Kier alpha value is -2.37. The van der Waals surface area contributed by atoms with E-state index < -0.39 is 18.4 Å². The molecule has 0 saturated heterocycles. The molecule has 1 aliphatic rings. The van der Waals surface area contributed by atoms with Crippen LogP contribution in [0.3, 0.4) is 0 Å². The number of ether oxygens (including phenoxy) is 1. The number of carbonyl (C=O) groups excluding carboxylic acids is 3. The summed E-state index contributed by atoms with van der Waals surface area (Å²) in [4.78, 5) is 34.4. The number of nitrogens with one attached hydrogen (secondary N) is 2. The Morgan fingerprint density at radius 3 is 2.45 bits per heavy atom. The molecule has 20 heavy (non-hydrogen) atoms. The molecule has 2 atom stereocenters. The van der Waals surface area contributed by atoms with Gasteiger partial charge in [-0.15, -0.1) is 0 Å². The van der Waals surface area contributed by atoms with Crippen molar-refractivity contribution >= 4 is 17.8 Å². The maximum atomic E-state index is 11.6. The van der Waals surface area contributed by atoms with Crippen molar-refractivity contribution in [3.63, 3.8) is 0 Å². The number of amides is 2. The molecule has 0 heterocycles. The number of carbonyl (C=O) groups is 3. The van der Waals surface area contributed by atoms with Gasteiger partial charge in [0.25, 0.3) is 11.8 Å². The number of hydrogen-bond donors (Lipinski definition) is 2. The molecule has 0 aliphatic heterocycles. The lowest BCUT2D eigenvalue weighted by atomic mass is 10.2. The van der Waals surface area contributed by atoms with Crippen LogP contribution in [0.25, 0.3) is 0 Å². The minimum Gasteiger partial charge on any atom is -0.455 e. The van der Waals surface area contributed by atoms with Gasteiger partial charge in [-0.05, 0) is 24.5 Å². The van der Waals surface area contributed by atoms with Crippen molar-refractivity contribution in [2.24, 2.45) is 11.8 Å². The first-order valence-corrected chi connectivity index (χ1v) is 6.39. The molecule has 0 unspecified atom stereocenters. The maximum absolute atomic E-state index is 11.6. The Morgan fingerprint density at radius 2 is 1.85 bits per heavy atom. The third-order valence-corrected chi connectivity index (χ3v) is 3.11. The van der Waals surface area contributed by atoms with Crippen molar-refractivity contribution in [1.29, 1.82) is 0 Å². The number of hydrazine groups is 1. The molecule has 2 rings (SSSR count). The third kappa shape index (κ3) is 3.81. The second-order valence-electron chi connectivity index (χ2n) is 4.80. The fraction of sp³-hybridized carbons (Fsp3) is 0.357.